The first-order valence-electron chi connectivity index (χ1n) is 8.32. The Hall–Kier alpha value is -0.840. The summed E-state index contributed by atoms with van der Waals surface area (Å²) in [6, 6.07) is 5.40. The zero-order chi connectivity index (χ0) is 15.2. The first-order valence-corrected chi connectivity index (χ1v) is 8.32. The lowest BCUT2D eigenvalue weighted by Crippen LogP contribution is -2.42. The van der Waals surface area contributed by atoms with Gasteiger partial charge in [-0.05, 0) is 51.7 Å². The number of nitrogens with zero attached hydrogens (tertiary/aromatic N) is 2. The van der Waals surface area contributed by atoms with Gasteiger partial charge in [-0.2, -0.15) is 0 Å². The van der Waals surface area contributed by atoms with Crippen LogP contribution in [0.2, 0.25) is 0 Å². The van der Waals surface area contributed by atoms with Crippen LogP contribution >= 0.6 is 0 Å². The van der Waals surface area contributed by atoms with E-state index in [9.17, 15) is 0 Å². The molecule has 0 spiro atoms. The number of nitrogens with one attached hydrogen (secondary N) is 1. The lowest BCUT2D eigenvalue weighted by atomic mass is 10.0. The highest BCUT2D eigenvalue weighted by atomic mass is 16.3. The molecule has 0 bridgehead atoms. The molecule has 1 aromatic rings. The Morgan fingerprint density at radius 1 is 1.29 bits per heavy atom. The Labute approximate surface area is 129 Å². The molecule has 1 N–H and O–H groups in total. The average Bonchev–Trinajstić information content (AvgIpc) is 2.92. The van der Waals surface area contributed by atoms with Crippen molar-refractivity contribution in [1.82, 2.24) is 15.1 Å². The second kappa shape index (κ2) is 7.97. The summed E-state index contributed by atoms with van der Waals surface area (Å²) >= 11 is 0. The van der Waals surface area contributed by atoms with E-state index in [0.29, 0.717) is 12.1 Å². The van der Waals surface area contributed by atoms with Crippen LogP contribution in [0.4, 0.5) is 0 Å². The maximum absolute atomic E-state index is 5.92. The van der Waals surface area contributed by atoms with E-state index in [4.69, 9.17) is 4.42 Å². The fourth-order valence-corrected chi connectivity index (χ4v) is 2.96. The van der Waals surface area contributed by atoms with Gasteiger partial charge in [0.15, 0.2) is 0 Å². The molecule has 0 aliphatic carbocycles. The molecule has 1 saturated heterocycles. The van der Waals surface area contributed by atoms with Crippen molar-refractivity contribution in [3.05, 3.63) is 23.7 Å². The quantitative estimate of drug-likeness (QED) is 0.837. The number of hydrogen-bond acceptors (Lipinski definition) is 4. The summed E-state index contributed by atoms with van der Waals surface area (Å²) in [4.78, 5) is 4.98. The Bertz CT molecular complexity index is 408. The summed E-state index contributed by atoms with van der Waals surface area (Å²) in [7, 11) is 2.22. The van der Waals surface area contributed by atoms with Crippen LogP contribution in [0.15, 0.2) is 16.5 Å². The van der Waals surface area contributed by atoms with Crippen LogP contribution < -0.4 is 5.32 Å². The van der Waals surface area contributed by atoms with Crippen molar-refractivity contribution >= 4 is 0 Å². The van der Waals surface area contributed by atoms with Crippen molar-refractivity contribution < 1.29 is 4.42 Å². The predicted octanol–water partition coefficient (Wildman–Crippen LogP) is 2.69. The van der Waals surface area contributed by atoms with Crippen molar-refractivity contribution in [2.45, 2.75) is 58.8 Å². The highest BCUT2D eigenvalue weighted by Gasteiger charge is 2.22. The van der Waals surface area contributed by atoms with Crippen LogP contribution in [0.3, 0.4) is 0 Å². The van der Waals surface area contributed by atoms with Crippen LogP contribution in [0.5, 0.6) is 0 Å². The van der Waals surface area contributed by atoms with Crippen molar-refractivity contribution in [1.29, 1.82) is 0 Å². The molecule has 2 rings (SSSR count). The minimum atomic E-state index is 0.491. The molecule has 1 fully saturated rings. The maximum atomic E-state index is 5.92. The Kier molecular flexibility index (Phi) is 6.27. The summed E-state index contributed by atoms with van der Waals surface area (Å²) in [5.41, 5.74) is 0. The van der Waals surface area contributed by atoms with E-state index < -0.39 is 0 Å². The van der Waals surface area contributed by atoms with Gasteiger partial charge in [0, 0.05) is 12.1 Å². The average molecular weight is 293 g/mol. The van der Waals surface area contributed by atoms with Gasteiger partial charge in [0.1, 0.15) is 11.5 Å². The molecule has 0 atom stereocenters. The van der Waals surface area contributed by atoms with Crippen molar-refractivity contribution in [3.8, 4) is 0 Å². The SMILES string of the molecule is CCN1CCC(N(C)Cc2ccc(CNC(C)C)o2)CC1. The van der Waals surface area contributed by atoms with Crippen molar-refractivity contribution in [2.24, 2.45) is 0 Å². The Balaban J connectivity index is 1.78. The van der Waals surface area contributed by atoms with Gasteiger partial charge in [-0.3, -0.25) is 4.90 Å². The molecule has 1 aromatic heterocycles. The van der Waals surface area contributed by atoms with Gasteiger partial charge >= 0.3 is 0 Å². The van der Waals surface area contributed by atoms with Gasteiger partial charge in [0.25, 0.3) is 0 Å². The molecule has 0 radical (unpaired) electrons. The molecule has 1 aliphatic heterocycles. The van der Waals surface area contributed by atoms with E-state index in [-0.39, 0.29) is 0 Å². The van der Waals surface area contributed by atoms with Gasteiger partial charge < -0.3 is 14.6 Å². The van der Waals surface area contributed by atoms with Crippen LogP contribution in [0.1, 0.15) is 45.1 Å². The fourth-order valence-electron chi connectivity index (χ4n) is 2.96. The molecule has 4 heteroatoms. The van der Waals surface area contributed by atoms with Gasteiger partial charge in [0.05, 0.1) is 13.1 Å². The Morgan fingerprint density at radius 3 is 2.57 bits per heavy atom. The lowest BCUT2D eigenvalue weighted by Gasteiger charge is -2.35. The second-order valence-corrected chi connectivity index (χ2v) is 6.48. The molecule has 21 heavy (non-hydrogen) atoms. The maximum Gasteiger partial charge on any atom is 0.118 e. The third-order valence-corrected chi connectivity index (χ3v) is 4.43. The molecule has 1 aliphatic rings. The van der Waals surface area contributed by atoms with E-state index in [2.05, 4.69) is 55.1 Å². The molecular weight excluding hydrogens is 262 g/mol. The standard InChI is InChI=1S/C17H31N3O/c1-5-20-10-8-15(9-11-20)19(4)13-17-7-6-16(21-17)12-18-14(2)3/h6-7,14-15,18H,5,8-13H2,1-4H3. The van der Waals surface area contributed by atoms with Gasteiger partial charge in [-0.1, -0.05) is 20.8 Å². The zero-order valence-electron chi connectivity index (χ0n) is 14.1. The summed E-state index contributed by atoms with van der Waals surface area (Å²) in [5.74, 6) is 2.11. The van der Waals surface area contributed by atoms with Gasteiger partial charge in [-0.15, -0.1) is 0 Å². The lowest BCUT2D eigenvalue weighted by molar-refractivity contribution is 0.121. The fraction of sp³-hybridized carbons (Fsp3) is 0.765. The largest absolute Gasteiger partial charge is 0.463 e. The van der Waals surface area contributed by atoms with Crippen LogP contribution in [0.25, 0.3) is 0 Å². The third-order valence-electron chi connectivity index (χ3n) is 4.43. The van der Waals surface area contributed by atoms with E-state index >= 15 is 0 Å². The summed E-state index contributed by atoms with van der Waals surface area (Å²) in [6.45, 7) is 11.9. The van der Waals surface area contributed by atoms with E-state index in [0.717, 1.165) is 24.6 Å². The molecule has 4 nitrogen and oxygen atoms in total. The predicted molar refractivity (Wildman–Crippen MR) is 87.3 cm³/mol. The minimum absolute atomic E-state index is 0.491. The number of hydrogen-bond donors (Lipinski definition) is 1. The number of furan rings is 1. The number of rotatable bonds is 7. The van der Waals surface area contributed by atoms with Crippen molar-refractivity contribution in [3.63, 3.8) is 0 Å². The summed E-state index contributed by atoms with van der Waals surface area (Å²) in [6.07, 6.45) is 2.54. The zero-order valence-corrected chi connectivity index (χ0v) is 14.1. The second-order valence-electron chi connectivity index (χ2n) is 6.48. The molecule has 2 heterocycles. The third kappa shape index (κ3) is 5.13. The van der Waals surface area contributed by atoms with Crippen LogP contribution in [0, 0.1) is 0 Å². The Morgan fingerprint density at radius 2 is 1.95 bits per heavy atom. The van der Waals surface area contributed by atoms with Crippen LogP contribution in [-0.2, 0) is 13.1 Å². The highest BCUT2D eigenvalue weighted by Crippen LogP contribution is 2.18. The molecule has 0 amide bonds. The highest BCUT2D eigenvalue weighted by molar-refractivity contribution is 5.07. The van der Waals surface area contributed by atoms with Crippen LogP contribution in [-0.4, -0.2) is 48.6 Å². The molecular formula is C17H31N3O. The molecule has 0 saturated carbocycles. The molecule has 0 aromatic carbocycles. The molecule has 0 unspecified atom stereocenters. The first kappa shape index (κ1) is 16.5. The minimum Gasteiger partial charge on any atom is -0.463 e. The summed E-state index contributed by atoms with van der Waals surface area (Å²) < 4.78 is 5.92. The van der Waals surface area contributed by atoms with E-state index in [1.807, 2.05) is 0 Å². The van der Waals surface area contributed by atoms with Crippen molar-refractivity contribution in [2.75, 3.05) is 26.7 Å². The van der Waals surface area contributed by atoms with Gasteiger partial charge in [0.2, 0.25) is 0 Å². The van der Waals surface area contributed by atoms with E-state index in [1.54, 1.807) is 0 Å². The number of piperidine rings is 1. The van der Waals surface area contributed by atoms with E-state index in [1.165, 1.54) is 32.5 Å². The normalized spacial score (nSPS) is 18.0. The number of likely N-dealkylation sites (tertiary alicyclic amines) is 1. The molecule has 120 valence electrons. The topological polar surface area (TPSA) is 31.6 Å². The van der Waals surface area contributed by atoms with Gasteiger partial charge in [-0.25, -0.2) is 0 Å². The summed E-state index contributed by atoms with van der Waals surface area (Å²) in [5, 5.41) is 3.39. The smallest absolute Gasteiger partial charge is 0.118 e. The first-order chi connectivity index (χ1) is 10.1. The monoisotopic (exact) mass is 293 g/mol.